The van der Waals surface area contributed by atoms with Crippen LogP contribution < -0.4 is 0 Å². The highest BCUT2D eigenvalue weighted by atomic mass is 16.5. The van der Waals surface area contributed by atoms with E-state index in [1.807, 2.05) is 54.6 Å². The molecule has 0 aliphatic carbocycles. The Balaban J connectivity index is 1.61. The van der Waals surface area contributed by atoms with Gasteiger partial charge in [-0.3, -0.25) is 4.79 Å². The molecular formula is C21H23NO3. The summed E-state index contributed by atoms with van der Waals surface area (Å²) >= 11 is 0. The number of carbonyl (C=O) groups is 1. The minimum absolute atomic E-state index is 0.0386. The average Bonchev–Trinajstić information content (AvgIpc) is 3.00. The van der Waals surface area contributed by atoms with Crippen LogP contribution in [0.15, 0.2) is 59.0 Å². The highest BCUT2D eigenvalue weighted by molar-refractivity contribution is 5.83. The molecule has 2 aromatic carbocycles. The number of amides is 1. The number of likely N-dealkylation sites (N-methyl/N-ethyl adjacent to an activating group) is 1. The minimum atomic E-state index is -0.0386. The van der Waals surface area contributed by atoms with Gasteiger partial charge in [-0.2, -0.15) is 0 Å². The molecule has 0 N–H and O–H groups in total. The van der Waals surface area contributed by atoms with Crippen molar-refractivity contribution in [2.45, 2.75) is 26.5 Å². The van der Waals surface area contributed by atoms with Gasteiger partial charge in [0.25, 0.3) is 0 Å². The third-order valence-electron chi connectivity index (χ3n) is 4.26. The summed E-state index contributed by atoms with van der Waals surface area (Å²) in [5.41, 5.74) is 3.01. The number of hydrogen-bond acceptors (Lipinski definition) is 3. The van der Waals surface area contributed by atoms with Crippen molar-refractivity contribution in [2.24, 2.45) is 0 Å². The van der Waals surface area contributed by atoms with Gasteiger partial charge in [-0.1, -0.05) is 55.5 Å². The maximum absolute atomic E-state index is 12.4. The van der Waals surface area contributed by atoms with Crippen molar-refractivity contribution < 1.29 is 13.9 Å². The summed E-state index contributed by atoms with van der Waals surface area (Å²) in [5.74, 6) is 0.898. The lowest BCUT2D eigenvalue weighted by Gasteiger charge is -2.17. The van der Waals surface area contributed by atoms with Crippen LogP contribution in [0.4, 0.5) is 0 Å². The Morgan fingerprint density at radius 1 is 1.08 bits per heavy atom. The number of fused-ring (bicyclic) bond motifs is 1. The van der Waals surface area contributed by atoms with Gasteiger partial charge in [-0.15, -0.1) is 0 Å². The normalized spacial score (nSPS) is 11.0. The van der Waals surface area contributed by atoms with E-state index < -0.39 is 0 Å². The average molecular weight is 337 g/mol. The Kier molecular flexibility index (Phi) is 5.51. The van der Waals surface area contributed by atoms with Crippen molar-refractivity contribution in [3.05, 3.63) is 71.5 Å². The van der Waals surface area contributed by atoms with Gasteiger partial charge in [0.2, 0.25) is 5.91 Å². The zero-order chi connectivity index (χ0) is 17.6. The molecule has 0 atom stereocenters. The predicted molar refractivity (Wildman–Crippen MR) is 98.2 cm³/mol. The second-order valence-corrected chi connectivity index (χ2v) is 6.08. The van der Waals surface area contributed by atoms with Gasteiger partial charge in [0.15, 0.2) is 0 Å². The van der Waals surface area contributed by atoms with Crippen LogP contribution in [-0.4, -0.2) is 24.5 Å². The highest BCUT2D eigenvalue weighted by Gasteiger charge is 2.17. The number of ether oxygens (including phenoxy) is 1. The first-order valence-electron chi connectivity index (χ1n) is 8.54. The molecule has 0 unspecified atom stereocenters. The molecule has 0 radical (unpaired) electrons. The molecule has 0 saturated heterocycles. The number of nitrogens with zero attached hydrogens (tertiary/aromatic N) is 1. The van der Waals surface area contributed by atoms with E-state index in [9.17, 15) is 4.79 Å². The monoisotopic (exact) mass is 337 g/mol. The molecule has 3 rings (SSSR count). The lowest BCUT2D eigenvalue weighted by molar-refractivity contribution is -0.135. The van der Waals surface area contributed by atoms with E-state index in [2.05, 4.69) is 6.92 Å². The van der Waals surface area contributed by atoms with Crippen molar-refractivity contribution in [3.8, 4) is 0 Å². The van der Waals surface area contributed by atoms with Crippen LogP contribution in [0.3, 0.4) is 0 Å². The van der Waals surface area contributed by atoms with Crippen LogP contribution >= 0.6 is 0 Å². The highest BCUT2D eigenvalue weighted by Crippen LogP contribution is 2.27. The van der Waals surface area contributed by atoms with Gasteiger partial charge in [0, 0.05) is 31.0 Å². The lowest BCUT2D eigenvalue weighted by Crippen LogP contribution is -2.30. The minimum Gasteiger partial charge on any atom is -0.461 e. The summed E-state index contributed by atoms with van der Waals surface area (Å²) in [6, 6.07) is 17.8. The van der Waals surface area contributed by atoms with Gasteiger partial charge in [-0.25, -0.2) is 0 Å². The standard InChI is InChI=1S/C21H23NO3/c1-3-19-18(17-11-7-8-12-20(17)25-19)13-22(2)21(23)15-24-14-16-9-5-4-6-10-16/h4-12H,3,13-15H2,1-2H3. The summed E-state index contributed by atoms with van der Waals surface area (Å²) in [7, 11) is 1.80. The van der Waals surface area contributed by atoms with Gasteiger partial charge in [-0.05, 0) is 11.6 Å². The molecule has 1 heterocycles. The molecule has 0 aliphatic rings. The molecule has 130 valence electrons. The van der Waals surface area contributed by atoms with Gasteiger partial charge < -0.3 is 14.1 Å². The van der Waals surface area contributed by atoms with E-state index in [1.165, 1.54) is 0 Å². The molecule has 1 amide bonds. The maximum Gasteiger partial charge on any atom is 0.248 e. The van der Waals surface area contributed by atoms with Crippen LogP contribution in [0.5, 0.6) is 0 Å². The fourth-order valence-corrected chi connectivity index (χ4v) is 2.87. The van der Waals surface area contributed by atoms with Crippen molar-refractivity contribution in [2.75, 3.05) is 13.7 Å². The topological polar surface area (TPSA) is 42.7 Å². The maximum atomic E-state index is 12.4. The van der Waals surface area contributed by atoms with E-state index >= 15 is 0 Å². The summed E-state index contributed by atoms with van der Waals surface area (Å²) in [6.07, 6.45) is 0.802. The first-order chi connectivity index (χ1) is 12.2. The number of aryl methyl sites for hydroxylation is 1. The molecule has 0 saturated carbocycles. The zero-order valence-electron chi connectivity index (χ0n) is 14.7. The summed E-state index contributed by atoms with van der Waals surface area (Å²) in [5, 5.41) is 1.07. The Morgan fingerprint density at radius 3 is 2.56 bits per heavy atom. The molecule has 0 bridgehead atoms. The van der Waals surface area contributed by atoms with Gasteiger partial charge >= 0.3 is 0 Å². The second-order valence-electron chi connectivity index (χ2n) is 6.08. The fraction of sp³-hybridized carbons (Fsp3) is 0.286. The van der Waals surface area contributed by atoms with Gasteiger partial charge in [0.05, 0.1) is 6.61 Å². The molecule has 25 heavy (non-hydrogen) atoms. The first-order valence-corrected chi connectivity index (χ1v) is 8.54. The van der Waals surface area contributed by atoms with Crippen molar-refractivity contribution in [3.63, 3.8) is 0 Å². The largest absolute Gasteiger partial charge is 0.461 e. The molecule has 3 aromatic rings. The van der Waals surface area contributed by atoms with Crippen molar-refractivity contribution in [1.29, 1.82) is 0 Å². The number of furan rings is 1. The van der Waals surface area contributed by atoms with Crippen LogP contribution in [0.25, 0.3) is 11.0 Å². The van der Waals surface area contributed by atoms with Crippen LogP contribution in [0.2, 0.25) is 0 Å². The molecule has 1 aromatic heterocycles. The van der Waals surface area contributed by atoms with Crippen molar-refractivity contribution in [1.82, 2.24) is 4.90 Å². The summed E-state index contributed by atoms with van der Waals surface area (Å²) in [4.78, 5) is 14.1. The Bertz CT molecular complexity index is 839. The summed E-state index contributed by atoms with van der Waals surface area (Å²) < 4.78 is 11.4. The molecule has 0 aliphatic heterocycles. The number of rotatable bonds is 7. The Morgan fingerprint density at radius 2 is 1.80 bits per heavy atom. The van der Waals surface area contributed by atoms with Crippen LogP contribution in [0.1, 0.15) is 23.8 Å². The molecule has 0 spiro atoms. The number of carbonyl (C=O) groups excluding carboxylic acids is 1. The number of hydrogen-bond donors (Lipinski definition) is 0. The lowest BCUT2D eigenvalue weighted by atomic mass is 10.1. The number of benzene rings is 2. The number of para-hydroxylation sites is 1. The SMILES string of the molecule is CCc1oc2ccccc2c1CN(C)C(=O)COCc1ccccc1. The fourth-order valence-electron chi connectivity index (χ4n) is 2.87. The second kappa shape index (κ2) is 7.99. The van der Waals surface area contributed by atoms with E-state index in [1.54, 1.807) is 11.9 Å². The van der Waals surface area contributed by atoms with Crippen LogP contribution in [0, 0.1) is 0 Å². The van der Waals surface area contributed by atoms with Crippen LogP contribution in [-0.2, 0) is 29.1 Å². The molecular weight excluding hydrogens is 314 g/mol. The predicted octanol–water partition coefficient (Wildman–Crippen LogP) is 4.17. The van der Waals surface area contributed by atoms with Crippen molar-refractivity contribution >= 4 is 16.9 Å². The third-order valence-corrected chi connectivity index (χ3v) is 4.26. The molecule has 4 heteroatoms. The Hall–Kier alpha value is -2.59. The quantitative estimate of drug-likeness (QED) is 0.650. The first kappa shape index (κ1) is 17.2. The van der Waals surface area contributed by atoms with E-state index in [-0.39, 0.29) is 12.5 Å². The van der Waals surface area contributed by atoms with E-state index in [4.69, 9.17) is 9.15 Å². The molecule has 4 nitrogen and oxygen atoms in total. The third kappa shape index (κ3) is 4.09. The molecule has 0 fully saturated rings. The van der Waals surface area contributed by atoms with E-state index in [0.717, 1.165) is 34.3 Å². The van der Waals surface area contributed by atoms with Gasteiger partial charge in [0.1, 0.15) is 18.0 Å². The smallest absolute Gasteiger partial charge is 0.248 e. The summed E-state index contributed by atoms with van der Waals surface area (Å²) in [6.45, 7) is 3.09. The Labute approximate surface area is 148 Å². The zero-order valence-corrected chi connectivity index (χ0v) is 14.7. The van der Waals surface area contributed by atoms with E-state index in [0.29, 0.717) is 13.2 Å².